The maximum Gasteiger partial charge on any atom is 0.269 e. The lowest BCUT2D eigenvalue weighted by Gasteiger charge is -2.09. The summed E-state index contributed by atoms with van der Waals surface area (Å²) in [5.74, 6) is 0.499. The maximum absolute atomic E-state index is 11.7. The monoisotopic (exact) mass is 248 g/mol. The van der Waals surface area contributed by atoms with Crippen molar-refractivity contribution < 1.29 is 9.72 Å². The molecular formula is C13H16N2O3. The Morgan fingerprint density at radius 3 is 2.44 bits per heavy atom. The highest BCUT2D eigenvalue weighted by atomic mass is 16.6. The van der Waals surface area contributed by atoms with Gasteiger partial charge in [-0.2, -0.15) is 0 Å². The van der Waals surface area contributed by atoms with Crippen molar-refractivity contribution in [1.29, 1.82) is 0 Å². The second-order valence-electron chi connectivity index (χ2n) is 4.71. The summed E-state index contributed by atoms with van der Waals surface area (Å²) < 4.78 is 0. The number of nitrogens with one attached hydrogen (secondary N) is 1. The highest BCUT2D eigenvalue weighted by Crippen LogP contribution is 2.27. The summed E-state index contributed by atoms with van der Waals surface area (Å²) in [6.07, 6.45) is 5.25. The van der Waals surface area contributed by atoms with Gasteiger partial charge in [-0.3, -0.25) is 14.9 Å². The van der Waals surface area contributed by atoms with E-state index in [1.807, 2.05) is 0 Å². The Morgan fingerprint density at radius 1 is 1.28 bits per heavy atom. The molecule has 0 saturated heterocycles. The number of nitrogens with zero attached hydrogens (tertiary/aromatic N) is 1. The molecule has 2 rings (SSSR count). The second-order valence-corrected chi connectivity index (χ2v) is 4.71. The summed E-state index contributed by atoms with van der Waals surface area (Å²) in [4.78, 5) is 21.8. The molecule has 5 nitrogen and oxygen atoms in total. The average Bonchev–Trinajstić information content (AvgIpc) is 2.82. The smallest absolute Gasteiger partial charge is 0.269 e. The fraction of sp³-hybridized carbons (Fsp3) is 0.462. The van der Waals surface area contributed by atoms with Crippen LogP contribution in [0.3, 0.4) is 0 Å². The normalized spacial score (nSPS) is 15.6. The molecule has 1 aliphatic rings. The number of benzene rings is 1. The van der Waals surface area contributed by atoms with E-state index < -0.39 is 4.92 Å². The molecule has 5 heteroatoms. The topological polar surface area (TPSA) is 72.2 Å². The van der Waals surface area contributed by atoms with Gasteiger partial charge in [0.2, 0.25) is 5.91 Å². The lowest BCUT2D eigenvalue weighted by molar-refractivity contribution is -0.384. The van der Waals surface area contributed by atoms with Gasteiger partial charge >= 0.3 is 0 Å². The minimum absolute atomic E-state index is 0.00393. The molecule has 96 valence electrons. The summed E-state index contributed by atoms with van der Waals surface area (Å²) in [5.41, 5.74) is 0.646. The number of amides is 1. The Labute approximate surface area is 105 Å². The van der Waals surface area contributed by atoms with Crippen molar-refractivity contribution >= 4 is 17.3 Å². The molecule has 1 aromatic carbocycles. The molecule has 0 spiro atoms. The van der Waals surface area contributed by atoms with Gasteiger partial charge in [0.1, 0.15) is 0 Å². The van der Waals surface area contributed by atoms with E-state index in [2.05, 4.69) is 5.32 Å². The number of non-ortho nitro benzene ring substituents is 1. The standard InChI is InChI=1S/C13H16N2O3/c16-13(9-10-3-1-2-4-10)14-11-5-7-12(8-6-11)15(17)18/h5-8,10H,1-4,9H2,(H,14,16). The van der Waals surface area contributed by atoms with Crippen LogP contribution in [0.2, 0.25) is 0 Å². The van der Waals surface area contributed by atoms with Crippen LogP contribution in [0.25, 0.3) is 0 Å². The van der Waals surface area contributed by atoms with E-state index in [1.165, 1.54) is 25.0 Å². The number of nitro benzene ring substituents is 1. The van der Waals surface area contributed by atoms with Crippen LogP contribution in [0.5, 0.6) is 0 Å². The molecule has 1 amide bonds. The Balaban J connectivity index is 1.88. The molecule has 0 aliphatic heterocycles. The molecule has 0 heterocycles. The van der Waals surface area contributed by atoms with Gasteiger partial charge in [-0.1, -0.05) is 12.8 Å². The van der Waals surface area contributed by atoms with Gasteiger partial charge in [0.25, 0.3) is 5.69 Å². The largest absolute Gasteiger partial charge is 0.326 e. The van der Waals surface area contributed by atoms with Crippen LogP contribution in [-0.4, -0.2) is 10.8 Å². The highest BCUT2D eigenvalue weighted by molar-refractivity contribution is 5.90. The van der Waals surface area contributed by atoms with Crippen LogP contribution in [0.1, 0.15) is 32.1 Å². The van der Waals surface area contributed by atoms with Gasteiger partial charge < -0.3 is 5.32 Å². The Morgan fingerprint density at radius 2 is 1.89 bits per heavy atom. The van der Waals surface area contributed by atoms with Crippen molar-refractivity contribution in [2.45, 2.75) is 32.1 Å². The fourth-order valence-electron chi connectivity index (χ4n) is 2.36. The predicted octanol–water partition coefficient (Wildman–Crippen LogP) is 3.11. The van der Waals surface area contributed by atoms with E-state index in [0.717, 1.165) is 12.8 Å². The van der Waals surface area contributed by atoms with Crippen molar-refractivity contribution in [2.75, 3.05) is 5.32 Å². The summed E-state index contributed by atoms with van der Waals surface area (Å²) >= 11 is 0. The zero-order valence-corrected chi connectivity index (χ0v) is 10.1. The van der Waals surface area contributed by atoms with Crippen LogP contribution in [0.15, 0.2) is 24.3 Å². The molecule has 18 heavy (non-hydrogen) atoms. The van der Waals surface area contributed by atoms with Crippen molar-refractivity contribution in [2.24, 2.45) is 5.92 Å². The van der Waals surface area contributed by atoms with Gasteiger partial charge in [0.15, 0.2) is 0 Å². The predicted molar refractivity (Wildman–Crippen MR) is 68.3 cm³/mol. The molecule has 1 fully saturated rings. The molecule has 0 bridgehead atoms. The molecule has 1 saturated carbocycles. The third kappa shape index (κ3) is 3.29. The van der Waals surface area contributed by atoms with E-state index in [0.29, 0.717) is 18.0 Å². The van der Waals surface area contributed by atoms with Crippen LogP contribution < -0.4 is 5.32 Å². The van der Waals surface area contributed by atoms with E-state index in [4.69, 9.17) is 0 Å². The van der Waals surface area contributed by atoms with Gasteiger partial charge in [-0.05, 0) is 30.9 Å². The Hall–Kier alpha value is -1.91. The highest BCUT2D eigenvalue weighted by Gasteiger charge is 2.18. The summed E-state index contributed by atoms with van der Waals surface area (Å²) in [6, 6.07) is 5.91. The number of hydrogen-bond donors (Lipinski definition) is 1. The lowest BCUT2D eigenvalue weighted by atomic mass is 10.0. The van der Waals surface area contributed by atoms with Gasteiger partial charge in [-0.25, -0.2) is 0 Å². The second kappa shape index (κ2) is 5.62. The lowest BCUT2D eigenvalue weighted by Crippen LogP contribution is -2.15. The Bertz CT molecular complexity index is 436. The molecule has 0 unspecified atom stereocenters. The molecule has 1 N–H and O–H groups in total. The van der Waals surface area contributed by atoms with Crippen molar-refractivity contribution in [3.05, 3.63) is 34.4 Å². The molecule has 0 atom stereocenters. The van der Waals surface area contributed by atoms with Crippen molar-refractivity contribution in [1.82, 2.24) is 0 Å². The summed E-state index contributed by atoms with van der Waals surface area (Å²) in [6.45, 7) is 0. The number of rotatable bonds is 4. The number of nitro groups is 1. The van der Waals surface area contributed by atoms with E-state index in [1.54, 1.807) is 12.1 Å². The number of anilines is 1. The van der Waals surface area contributed by atoms with Crippen LogP contribution in [0.4, 0.5) is 11.4 Å². The minimum Gasteiger partial charge on any atom is -0.326 e. The summed E-state index contributed by atoms with van der Waals surface area (Å²) in [7, 11) is 0. The molecule has 1 aliphatic carbocycles. The molecule has 0 aromatic heterocycles. The third-order valence-electron chi connectivity index (χ3n) is 3.31. The zero-order chi connectivity index (χ0) is 13.0. The van der Waals surface area contributed by atoms with Crippen molar-refractivity contribution in [3.63, 3.8) is 0 Å². The number of carbonyl (C=O) groups is 1. The molecule has 1 aromatic rings. The summed E-state index contributed by atoms with van der Waals surface area (Å²) in [5, 5.41) is 13.3. The quantitative estimate of drug-likeness (QED) is 0.657. The first-order chi connectivity index (χ1) is 8.65. The molecule has 0 radical (unpaired) electrons. The minimum atomic E-state index is -0.454. The van der Waals surface area contributed by atoms with Crippen molar-refractivity contribution in [3.8, 4) is 0 Å². The number of hydrogen-bond acceptors (Lipinski definition) is 3. The zero-order valence-electron chi connectivity index (χ0n) is 10.1. The third-order valence-corrected chi connectivity index (χ3v) is 3.31. The van der Waals surface area contributed by atoms with E-state index >= 15 is 0 Å². The first-order valence-electron chi connectivity index (χ1n) is 6.19. The van der Waals surface area contributed by atoms with Crippen LogP contribution >= 0.6 is 0 Å². The van der Waals surface area contributed by atoms with E-state index in [9.17, 15) is 14.9 Å². The van der Waals surface area contributed by atoms with Crippen LogP contribution in [0, 0.1) is 16.0 Å². The van der Waals surface area contributed by atoms with Gasteiger partial charge in [0, 0.05) is 24.2 Å². The van der Waals surface area contributed by atoms with Crippen LogP contribution in [-0.2, 0) is 4.79 Å². The fourth-order valence-corrected chi connectivity index (χ4v) is 2.36. The number of carbonyl (C=O) groups excluding carboxylic acids is 1. The Kier molecular flexibility index (Phi) is 3.92. The molecular weight excluding hydrogens is 232 g/mol. The SMILES string of the molecule is O=C(CC1CCCC1)Nc1ccc([N+](=O)[O-])cc1. The van der Waals surface area contributed by atoms with Gasteiger partial charge in [0.05, 0.1) is 4.92 Å². The average molecular weight is 248 g/mol. The van der Waals surface area contributed by atoms with E-state index in [-0.39, 0.29) is 11.6 Å². The first kappa shape index (κ1) is 12.5. The van der Waals surface area contributed by atoms with Gasteiger partial charge in [-0.15, -0.1) is 0 Å². The first-order valence-corrected chi connectivity index (χ1v) is 6.19. The maximum atomic E-state index is 11.7.